The monoisotopic (exact) mass is 410 g/mol. The highest BCUT2D eigenvalue weighted by molar-refractivity contribution is 6.03. The van der Waals surface area contributed by atoms with Crippen molar-refractivity contribution >= 4 is 29.1 Å². The van der Waals surface area contributed by atoms with E-state index < -0.39 is 11.9 Å². The van der Waals surface area contributed by atoms with Crippen molar-refractivity contribution in [1.29, 1.82) is 0 Å². The summed E-state index contributed by atoms with van der Waals surface area (Å²) in [4.78, 5) is 41.2. The summed E-state index contributed by atoms with van der Waals surface area (Å²) < 4.78 is 5.20. The van der Waals surface area contributed by atoms with Gasteiger partial charge in [-0.05, 0) is 62.4 Å². The van der Waals surface area contributed by atoms with Crippen LogP contribution in [0.1, 0.15) is 53.0 Å². The van der Waals surface area contributed by atoms with E-state index in [-0.39, 0.29) is 17.6 Å². The smallest absolute Gasteiger partial charge is 0.290 e. The zero-order valence-electron chi connectivity index (χ0n) is 16.8. The number of rotatable bonds is 5. The molecule has 8 heteroatoms. The minimum Gasteiger partial charge on any atom is -0.459 e. The van der Waals surface area contributed by atoms with Gasteiger partial charge in [0.25, 0.3) is 11.8 Å². The molecule has 0 spiro atoms. The van der Waals surface area contributed by atoms with Crippen LogP contribution in [0.4, 0.5) is 11.4 Å². The Kier molecular flexibility index (Phi) is 5.74. The number of carbonyl (C=O) groups is 3. The van der Waals surface area contributed by atoms with Crippen LogP contribution in [0.5, 0.6) is 0 Å². The van der Waals surface area contributed by atoms with Gasteiger partial charge in [-0.3, -0.25) is 14.4 Å². The lowest BCUT2D eigenvalue weighted by Gasteiger charge is -2.30. The van der Waals surface area contributed by atoms with Crippen LogP contribution >= 0.6 is 0 Å². The standard InChI is InChI=1S/C22H26N4O4/c23-20(27)16-9-8-15(14-18(16)25-10-2-1-3-11-25)24-21(28)17-6-4-12-26(17)22(29)19-7-5-13-30-19/h5,7-9,13-14,17H,1-4,6,10-12H2,(H2,23,27)(H,24,28). The van der Waals surface area contributed by atoms with Gasteiger partial charge in [-0.15, -0.1) is 0 Å². The maximum atomic E-state index is 13.0. The van der Waals surface area contributed by atoms with Gasteiger partial charge in [0.1, 0.15) is 6.04 Å². The summed E-state index contributed by atoms with van der Waals surface area (Å²) in [5.74, 6) is -0.785. The van der Waals surface area contributed by atoms with Gasteiger partial charge >= 0.3 is 0 Å². The summed E-state index contributed by atoms with van der Waals surface area (Å²) in [6.07, 6.45) is 6.07. The largest absolute Gasteiger partial charge is 0.459 e. The fourth-order valence-corrected chi connectivity index (χ4v) is 4.26. The number of furan rings is 1. The van der Waals surface area contributed by atoms with E-state index in [2.05, 4.69) is 10.2 Å². The quantitative estimate of drug-likeness (QED) is 0.788. The van der Waals surface area contributed by atoms with E-state index in [1.165, 1.54) is 12.7 Å². The van der Waals surface area contributed by atoms with E-state index >= 15 is 0 Å². The first-order valence-electron chi connectivity index (χ1n) is 10.4. The van der Waals surface area contributed by atoms with Crippen LogP contribution in [0, 0.1) is 0 Å². The maximum Gasteiger partial charge on any atom is 0.290 e. The molecule has 0 bridgehead atoms. The second kappa shape index (κ2) is 8.61. The summed E-state index contributed by atoms with van der Waals surface area (Å²) in [5, 5.41) is 2.92. The lowest BCUT2D eigenvalue weighted by atomic mass is 10.1. The van der Waals surface area contributed by atoms with Crippen molar-refractivity contribution in [3.63, 3.8) is 0 Å². The molecule has 3 heterocycles. The van der Waals surface area contributed by atoms with Crippen LogP contribution in [0.25, 0.3) is 0 Å². The second-order valence-electron chi connectivity index (χ2n) is 7.77. The molecule has 0 aliphatic carbocycles. The second-order valence-corrected chi connectivity index (χ2v) is 7.77. The molecule has 2 aliphatic rings. The number of piperidine rings is 1. The van der Waals surface area contributed by atoms with E-state index in [4.69, 9.17) is 10.2 Å². The van der Waals surface area contributed by atoms with Gasteiger partial charge in [0.2, 0.25) is 5.91 Å². The fraction of sp³-hybridized carbons (Fsp3) is 0.409. The molecule has 3 N–H and O–H groups in total. The highest BCUT2D eigenvalue weighted by Gasteiger charge is 2.35. The Morgan fingerprint density at radius 2 is 1.83 bits per heavy atom. The molecule has 30 heavy (non-hydrogen) atoms. The Labute approximate surface area is 175 Å². The van der Waals surface area contributed by atoms with Gasteiger partial charge in [-0.25, -0.2) is 0 Å². The van der Waals surface area contributed by atoms with Crippen LogP contribution in [0.15, 0.2) is 41.0 Å². The number of hydrogen-bond donors (Lipinski definition) is 2. The van der Waals surface area contributed by atoms with E-state index in [1.807, 2.05) is 0 Å². The van der Waals surface area contributed by atoms with Crippen molar-refractivity contribution < 1.29 is 18.8 Å². The predicted octanol–water partition coefficient (Wildman–Crippen LogP) is 2.61. The summed E-state index contributed by atoms with van der Waals surface area (Å²) in [7, 11) is 0. The molecule has 158 valence electrons. The molecule has 1 aromatic heterocycles. The molecule has 2 fully saturated rings. The van der Waals surface area contributed by atoms with Crippen molar-refractivity contribution in [2.45, 2.75) is 38.1 Å². The Morgan fingerprint density at radius 1 is 1.03 bits per heavy atom. The highest BCUT2D eigenvalue weighted by atomic mass is 16.3. The third kappa shape index (κ3) is 4.03. The molecule has 0 saturated carbocycles. The Bertz CT molecular complexity index is 935. The number of anilines is 2. The van der Waals surface area contributed by atoms with Crippen LogP contribution in [0.2, 0.25) is 0 Å². The number of hydrogen-bond acceptors (Lipinski definition) is 5. The van der Waals surface area contributed by atoms with Gasteiger partial charge in [0.05, 0.1) is 17.5 Å². The molecule has 2 saturated heterocycles. The van der Waals surface area contributed by atoms with E-state index in [1.54, 1.807) is 35.2 Å². The first-order valence-corrected chi connectivity index (χ1v) is 10.4. The number of nitrogens with zero attached hydrogens (tertiary/aromatic N) is 2. The lowest BCUT2D eigenvalue weighted by Crippen LogP contribution is -2.43. The van der Waals surface area contributed by atoms with Crippen LogP contribution in [0.3, 0.4) is 0 Å². The molecule has 2 aliphatic heterocycles. The summed E-state index contributed by atoms with van der Waals surface area (Å²) in [5.41, 5.74) is 7.34. The molecule has 2 aromatic rings. The topological polar surface area (TPSA) is 109 Å². The molecule has 1 aromatic carbocycles. The van der Waals surface area contributed by atoms with Crippen molar-refractivity contribution in [3.05, 3.63) is 47.9 Å². The minimum atomic E-state index is -0.558. The fourth-order valence-electron chi connectivity index (χ4n) is 4.26. The minimum absolute atomic E-state index is 0.230. The Balaban J connectivity index is 1.52. The van der Waals surface area contributed by atoms with Crippen molar-refractivity contribution in [2.75, 3.05) is 29.9 Å². The van der Waals surface area contributed by atoms with E-state index in [0.717, 1.165) is 38.0 Å². The molecule has 4 rings (SSSR count). The predicted molar refractivity (Wildman–Crippen MR) is 112 cm³/mol. The zero-order valence-corrected chi connectivity index (χ0v) is 16.8. The normalized spacial score (nSPS) is 19.0. The molecule has 8 nitrogen and oxygen atoms in total. The van der Waals surface area contributed by atoms with Crippen molar-refractivity contribution in [3.8, 4) is 0 Å². The lowest BCUT2D eigenvalue weighted by molar-refractivity contribution is -0.119. The highest BCUT2D eigenvalue weighted by Crippen LogP contribution is 2.28. The number of nitrogens with two attached hydrogens (primary N) is 1. The number of amides is 3. The number of nitrogens with one attached hydrogen (secondary N) is 1. The first-order chi connectivity index (χ1) is 14.5. The molecular formula is C22H26N4O4. The number of likely N-dealkylation sites (tertiary alicyclic amines) is 1. The van der Waals surface area contributed by atoms with E-state index in [9.17, 15) is 14.4 Å². The van der Waals surface area contributed by atoms with Crippen LogP contribution < -0.4 is 16.0 Å². The molecule has 0 radical (unpaired) electrons. The zero-order chi connectivity index (χ0) is 21.1. The Morgan fingerprint density at radius 3 is 2.53 bits per heavy atom. The van der Waals surface area contributed by atoms with Crippen molar-refractivity contribution in [1.82, 2.24) is 4.90 Å². The summed E-state index contributed by atoms with van der Waals surface area (Å²) in [6.45, 7) is 2.22. The average molecular weight is 410 g/mol. The Hall–Kier alpha value is -3.29. The number of carbonyl (C=O) groups excluding carboxylic acids is 3. The van der Waals surface area contributed by atoms with E-state index in [0.29, 0.717) is 24.2 Å². The average Bonchev–Trinajstić information content (AvgIpc) is 3.46. The van der Waals surface area contributed by atoms with Crippen LogP contribution in [-0.2, 0) is 4.79 Å². The van der Waals surface area contributed by atoms with Gasteiger partial charge in [0, 0.05) is 25.3 Å². The molecular weight excluding hydrogens is 384 g/mol. The first kappa shape index (κ1) is 20.0. The van der Waals surface area contributed by atoms with Crippen LogP contribution in [-0.4, -0.2) is 48.3 Å². The summed E-state index contributed by atoms with van der Waals surface area (Å²) in [6, 6.07) is 7.83. The molecule has 1 unspecified atom stereocenters. The third-order valence-corrected chi connectivity index (χ3v) is 5.78. The van der Waals surface area contributed by atoms with Gasteiger partial charge in [0.15, 0.2) is 5.76 Å². The van der Waals surface area contributed by atoms with Gasteiger partial charge < -0.3 is 25.3 Å². The molecule has 1 atom stereocenters. The number of primary amides is 1. The molecule has 3 amide bonds. The third-order valence-electron chi connectivity index (χ3n) is 5.78. The van der Waals surface area contributed by atoms with Crippen molar-refractivity contribution in [2.24, 2.45) is 5.73 Å². The van der Waals surface area contributed by atoms with Gasteiger partial charge in [-0.1, -0.05) is 0 Å². The SMILES string of the molecule is NC(=O)c1ccc(NC(=O)C2CCCN2C(=O)c2ccco2)cc1N1CCCCC1. The maximum absolute atomic E-state index is 13.0. The number of benzene rings is 1. The summed E-state index contributed by atoms with van der Waals surface area (Å²) >= 11 is 0. The van der Waals surface area contributed by atoms with Gasteiger partial charge in [-0.2, -0.15) is 0 Å².